The van der Waals surface area contributed by atoms with Crippen LogP contribution in [0, 0.1) is 20.8 Å². The van der Waals surface area contributed by atoms with Crippen LogP contribution in [0.1, 0.15) is 61.3 Å². The molecule has 0 nitrogen and oxygen atoms in total. The van der Waals surface area contributed by atoms with E-state index >= 15 is 0 Å². The van der Waals surface area contributed by atoms with Gasteiger partial charge in [0, 0.05) is 20.2 Å². The molecule has 3 rings (SSSR count). The molecule has 0 saturated heterocycles. The third kappa shape index (κ3) is 3.17. The number of hydrogen-bond acceptors (Lipinski definition) is 1. The zero-order chi connectivity index (χ0) is 16.4. The first-order chi connectivity index (χ1) is 11.1. The zero-order valence-electron chi connectivity index (χ0n) is 15.0. The van der Waals surface area contributed by atoms with Gasteiger partial charge in [0.25, 0.3) is 0 Å². The van der Waals surface area contributed by atoms with Gasteiger partial charge in [-0.3, -0.25) is 0 Å². The molecule has 1 aromatic heterocycles. The SMILES string of the molecule is CCCCCCCc1ccc2c(sc3c(C)c(C)ccc32)c1C. The molecule has 0 amide bonds. The Hall–Kier alpha value is -1.34. The van der Waals surface area contributed by atoms with Gasteiger partial charge in [-0.25, -0.2) is 0 Å². The number of fused-ring (bicyclic) bond motifs is 3. The second-order valence-electron chi connectivity index (χ2n) is 6.88. The second kappa shape index (κ2) is 7.05. The van der Waals surface area contributed by atoms with Crippen molar-refractivity contribution in [3.63, 3.8) is 0 Å². The van der Waals surface area contributed by atoms with E-state index in [0.717, 1.165) is 0 Å². The molecule has 0 fully saturated rings. The standard InChI is InChI=1S/C22H28S/c1-5-6-7-8-9-10-18-12-14-20-19-13-11-15(2)16(3)21(19)23-22(20)17(18)4/h11-14H,5-10H2,1-4H3. The van der Waals surface area contributed by atoms with Crippen molar-refractivity contribution in [2.45, 2.75) is 66.2 Å². The molecule has 0 aliphatic rings. The molecule has 3 aromatic rings. The molecule has 1 heterocycles. The Bertz CT molecular complexity index is 823. The average Bonchev–Trinajstić information content (AvgIpc) is 2.93. The molecule has 0 spiro atoms. The van der Waals surface area contributed by atoms with Crippen LogP contribution in [0.3, 0.4) is 0 Å². The molecule has 0 bridgehead atoms. The first kappa shape index (κ1) is 16.5. The van der Waals surface area contributed by atoms with Crippen LogP contribution >= 0.6 is 11.3 Å². The molecule has 0 radical (unpaired) electrons. The molecule has 0 saturated carbocycles. The Kier molecular flexibility index (Phi) is 5.06. The first-order valence-corrected chi connectivity index (χ1v) is 9.86. The minimum Gasteiger partial charge on any atom is -0.135 e. The van der Waals surface area contributed by atoms with Gasteiger partial charge in [0.15, 0.2) is 0 Å². The molecular weight excluding hydrogens is 296 g/mol. The Morgan fingerprint density at radius 2 is 1.39 bits per heavy atom. The summed E-state index contributed by atoms with van der Waals surface area (Å²) in [6.07, 6.45) is 8.03. The Balaban J connectivity index is 1.93. The van der Waals surface area contributed by atoms with Crippen LogP contribution in [-0.2, 0) is 6.42 Å². The zero-order valence-corrected chi connectivity index (χ0v) is 15.8. The van der Waals surface area contributed by atoms with Crippen molar-refractivity contribution in [3.8, 4) is 0 Å². The topological polar surface area (TPSA) is 0 Å². The van der Waals surface area contributed by atoms with E-state index in [1.165, 1.54) is 75.4 Å². The van der Waals surface area contributed by atoms with Gasteiger partial charge in [0.2, 0.25) is 0 Å². The Morgan fingerprint density at radius 3 is 2.13 bits per heavy atom. The second-order valence-corrected chi connectivity index (χ2v) is 7.90. The van der Waals surface area contributed by atoms with Crippen molar-refractivity contribution < 1.29 is 0 Å². The lowest BCUT2D eigenvalue weighted by atomic mass is 9.98. The lowest BCUT2D eigenvalue weighted by Gasteiger charge is -2.07. The monoisotopic (exact) mass is 324 g/mol. The summed E-state index contributed by atoms with van der Waals surface area (Å²) < 4.78 is 2.97. The molecule has 0 N–H and O–H groups in total. The average molecular weight is 325 g/mol. The molecule has 0 aliphatic heterocycles. The van der Waals surface area contributed by atoms with Crippen molar-refractivity contribution >= 4 is 31.5 Å². The molecule has 0 aliphatic carbocycles. The van der Waals surface area contributed by atoms with Gasteiger partial charge in [0.1, 0.15) is 0 Å². The molecule has 0 atom stereocenters. The summed E-state index contributed by atoms with van der Waals surface area (Å²) in [5.41, 5.74) is 5.91. The molecule has 1 heteroatoms. The number of thiophene rings is 1. The van der Waals surface area contributed by atoms with E-state index in [2.05, 4.69) is 52.0 Å². The smallest absolute Gasteiger partial charge is 0.0387 e. The van der Waals surface area contributed by atoms with Gasteiger partial charge in [-0.15, -0.1) is 11.3 Å². The van der Waals surface area contributed by atoms with Gasteiger partial charge >= 0.3 is 0 Å². The molecule has 23 heavy (non-hydrogen) atoms. The fourth-order valence-electron chi connectivity index (χ4n) is 3.50. The highest BCUT2D eigenvalue weighted by atomic mass is 32.1. The number of unbranched alkanes of at least 4 members (excludes halogenated alkanes) is 4. The van der Waals surface area contributed by atoms with E-state index in [1.54, 1.807) is 5.56 Å². The van der Waals surface area contributed by atoms with Crippen molar-refractivity contribution in [3.05, 3.63) is 46.5 Å². The van der Waals surface area contributed by atoms with Crippen LogP contribution in [-0.4, -0.2) is 0 Å². The fraction of sp³-hybridized carbons (Fsp3) is 0.455. The van der Waals surface area contributed by atoms with E-state index < -0.39 is 0 Å². The van der Waals surface area contributed by atoms with Gasteiger partial charge in [-0.1, -0.05) is 56.9 Å². The van der Waals surface area contributed by atoms with Crippen LogP contribution in [0.15, 0.2) is 24.3 Å². The fourth-order valence-corrected chi connectivity index (χ4v) is 4.88. The summed E-state index contributed by atoms with van der Waals surface area (Å²) in [7, 11) is 0. The van der Waals surface area contributed by atoms with Crippen molar-refractivity contribution in [1.29, 1.82) is 0 Å². The number of aryl methyl sites for hydroxylation is 4. The van der Waals surface area contributed by atoms with Crippen LogP contribution in [0.5, 0.6) is 0 Å². The van der Waals surface area contributed by atoms with Crippen LogP contribution in [0.25, 0.3) is 20.2 Å². The molecule has 0 unspecified atom stereocenters. The highest BCUT2D eigenvalue weighted by molar-refractivity contribution is 7.26. The normalized spacial score (nSPS) is 11.7. The van der Waals surface area contributed by atoms with Gasteiger partial charge in [0.05, 0.1) is 0 Å². The Labute approximate surface area is 144 Å². The predicted octanol–water partition coefficient (Wildman–Crippen LogP) is 7.49. The van der Waals surface area contributed by atoms with E-state index in [0.29, 0.717) is 0 Å². The van der Waals surface area contributed by atoms with Crippen molar-refractivity contribution in [1.82, 2.24) is 0 Å². The summed E-state index contributed by atoms with van der Waals surface area (Å²) in [6, 6.07) is 9.30. The first-order valence-electron chi connectivity index (χ1n) is 9.04. The van der Waals surface area contributed by atoms with E-state index in [9.17, 15) is 0 Å². The van der Waals surface area contributed by atoms with E-state index in [4.69, 9.17) is 0 Å². The Morgan fingerprint density at radius 1 is 0.739 bits per heavy atom. The van der Waals surface area contributed by atoms with Gasteiger partial charge in [-0.2, -0.15) is 0 Å². The number of hydrogen-bond donors (Lipinski definition) is 0. The maximum atomic E-state index is 2.37. The summed E-state index contributed by atoms with van der Waals surface area (Å²) in [6.45, 7) is 9.08. The maximum absolute atomic E-state index is 2.37. The van der Waals surface area contributed by atoms with Gasteiger partial charge < -0.3 is 0 Å². The highest BCUT2D eigenvalue weighted by Crippen LogP contribution is 2.39. The third-order valence-electron chi connectivity index (χ3n) is 5.24. The maximum Gasteiger partial charge on any atom is 0.0387 e. The molecule has 2 aromatic carbocycles. The third-order valence-corrected chi connectivity index (χ3v) is 6.70. The summed E-state index contributed by atoms with van der Waals surface area (Å²) >= 11 is 1.99. The van der Waals surface area contributed by atoms with Gasteiger partial charge in [-0.05, 0) is 55.9 Å². The summed E-state index contributed by atoms with van der Waals surface area (Å²) in [4.78, 5) is 0. The lowest BCUT2D eigenvalue weighted by Crippen LogP contribution is -1.90. The van der Waals surface area contributed by atoms with Crippen LogP contribution < -0.4 is 0 Å². The van der Waals surface area contributed by atoms with Crippen LogP contribution in [0.2, 0.25) is 0 Å². The minimum atomic E-state index is 1.23. The molecular formula is C22H28S. The number of benzene rings is 2. The number of rotatable bonds is 6. The van der Waals surface area contributed by atoms with Crippen LogP contribution in [0.4, 0.5) is 0 Å². The van der Waals surface area contributed by atoms with Crippen molar-refractivity contribution in [2.75, 3.05) is 0 Å². The molecule has 122 valence electrons. The van der Waals surface area contributed by atoms with E-state index in [1.807, 2.05) is 11.3 Å². The summed E-state index contributed by atoms with van der Waals surface area (Å²) in [5.74, 6) is 0. The predicted molar refractivity (Wildman–Crippen MR) is 106 cm³/mol. The van der Waals surface area contributed by atoms with Crippen molar-refractivity contribution in [2.24, 2.45) is 0 Å². The highest BCUT2D eigenvalue weighted by Gasteiger charge is 2.12. The lowest BCUT2D eigenvalue weighted by molar-refractivity contribution is 0.632. The quantitative estimate of drug-likeness (QED) is 0.412. The van der Waals surface area contributed by atoms with E-state index in [-0.39, 0.29) is 0 Å². The summed E-state index contributed by atoms with van der Waals surface area (Å²) in [5, 5.41) is 2.88. The largest absolute Gasteiger partial charge is 0.135 e. The minimum absolute atomic E-state index is 1.23.